The molecule has 6 heterocycles. The van der Waals surface area contributed by atoms with E-state index in [0.29, 0.717) is 52.6 Å². The van der Waals surface area contributed by atoms with Gasteiger partial charge < -0.3 is 20.1 Å². The number of pyridine rings is 1. The van der Waals surface area contributed by atoms with Gasteiger partial charge in [0.25, 0.3) is 0 Å². The van der Waals surface area contributed by atoms with Gasteiger partial charge in [0.1, 0.15) is 35.2 Å². The SMILES string of the molecule is C#Cc1c(F)ccc2cc(O)cc(-c3ncc4c(N5CC6CCC(C5)N6)nc(OC[C@]56CCCN5[C@H]5CCC[C@H]5C6)nc4c3F)c12. The number of phenolic OH excluding ortho intramolecular Hbond substituents is 1. The molecule has 2 unspecified atom stereocenters. The largest absolute Gasteiger partial charge is 0.508 e. The third-order valence-electron chi connectivity index (χ3n) is 11.4. The van der Waals surface area contributed by atoms with Gasteiger partial charge in [-0.25, -0.2) is 8.78 Å². The van der Waals surface area contributed by atoms with Crippen molar-refractivity contribution in [1.29, 1.82) is 0 Å². The number of nitrogens with zero attached hydrogens (tertiary/aromatic N) is 5. The minimum atomic E-state index is -0.695. The molecule has 5 aliphatic rings. The number of halogens is 2. The highest BCUT2D eigenvalue weighted by Crippen LogP contribution is 2.51. The maximum Gasteiger partial charge on any atom is 0.319 e. The molecule has 10 heteroatoms. The second-order valence-electron chi connectivity index (χ2n) is 14.0. The summed E-state index contributed by atoms with van der Waals surface area (Å²) in [5, 5.41) is 15.5. The van der Waals surface area contributed by atoms with Gasteiger partial charge in [0.2, 0.25) is 0 Å². The number of benzene rings is 2. The van der Waals surface area contributed by atoms with Crippen LogP contribution >= 0.6 is 0 Å². The molecule has 0 amide bonds. The lowest BCUT2D eigenvalue weighted by molar-refractivity contribution is 0.0832. The normalized spacial score (nSPS) is 28.6. The van der Waals surface area contributed by atoms with Gasteiger partial charge in [0, 0.05) is 48.4 Å². The Balaban J connectivity index is 1.17. The smallest absolute Gasteiger partial charge is 0.319 e. The molecule has 1 saturated carbocycles. The molecule has 236 valence electrons. The maximum atomic E-state index is 16.9. The first kappa shape index (κ1) is 28.2. The Morgan fingerprint density at radius 3 is 2.76 bits per heavy atom. The Labute approximate surface area is 266 Å². The highest BCUT2D eigenvalue weighted by Gasteiger charge is 2.55. The molecule has 4 aromatic rings. The van der Waals surface area contributed by atoms with Crippen molar-refractivity contribution >= 4 is 27.5 Å². The number of terminal acetylenes is 1. The van der Waals surface area contributed by atoms with E-state index in [0.717, 1.165) is 51.7 Å². The van der Waals surface area contributed by atoms with Gasteiger partial charge in [-0.05, 0) is 81.0 Å². The highest BCUT2D eigenvalue weighted by atomic mass is 19.1. The van der Waals surface area contributed by atoms with Crippen LogP contribution in [-0.2, 0) is 0 Å². The van der Waals surface area contributed by atoms with Gasteiger partial charge in [0.15, 0.2) is 5.82 Å². The van der Waals surface area contributed by atoms with Crippen molar-refractivity contribution in [2.24, 2.45) is 5.92 Å². The number of hydrogen-bond donors (Lipinski definition) is 2. The molecule has 2 bridgehead atoms. The number of phenols is 1. The van der Waals surface area contributed by atoms with Crippen LogP contribution in [0.4, 0.5) is 14.6 Å². The molecule has 9 rings (SSSR count). The van der Waals surface area contributed by atoms with Crippen molar-refractivity contribution in [2.45, 2.75) is 75.0 Å². The zero-order valence-corrected chi connectivity index (χ0v) is 25.6. The molecule has 1 aliphatic carbocycles. The number of rotatable bonds is 5. The average Bonchev–Trinajstić information content (AvgIpc) is 3.81. The lowest BCUT2D eigenvalue weighted by Crippen LogP contribution is -2.51. The van der Waals surface area contributed by atoms with Crippen LogP contribution in [0.2, 0.25) is 0 Å². The van der Waals surface area contributed by atoms with E-state index < -0.39 is 11.6 Å². The molecule has 2 N–H and O–H groups in total. The van der Waals surface area contributed by atoms with Gasteiger partial charge in [-0.15, -0.1) is 6.42 Å². The van der Waals surface area contributed by atoms with Crippen molar-refractivity contribution in [3.8, 4) is 35.4 Å². The third kappa shape index (κ3) is 4.28. The summed E-state index contributed by atoms with van der Waals surface area (Å²) in [4.78, 5) is 19.1. The third-order valence-corrected chi connectivity index (χ3v) is 11.4. The second-order valence-corrected chi connectivity index (χ2v) is 14.0. The van der Waals surface area contributed by atoms with Crippen LogP contribution in [-0.4, -0.2) is 74.9 Å². The molecule has 4 aliphatic heterocycles. The summed E-state index contributed by atoms with van der Waals surface area (Å²) in [6.45, 7) is 3.06. The summed E-state index contributed by atoms with van der Waals surface area (Å²) in [6.07, 6.45) is 16.7. The predicted octanol–water partition coefficient (Wildman–Crippen LogP) is 5.54. The van der Waals surface area contributed by atoms with Crippen LogP contribution in [0, 0.1) is 29.9 Å². The van der Waals surface area contributed by atoms with Crippen molar-refractivity contribution in [1.82, 2.24) is 25.2 Å². The lowest BCUT2D eigenvalue weighted by Gasteiger charge is -2.35. The maximum absolute atomic E-state index is 16.9. The molecule has 4 saturated heterocycles. The van der Waals surface area contributed by atoms with Gasteiger partial charge in [0.05, 0.1) is 16.5 Å². The van der Waals surface area contributed by atoms with Gasteiger partial charge in [-0.2, -0.15) is 9.97 Å². The zero-order valence-electron chi connectivity index (χ0n) is 25.6. The topological polar surface area (TPSA) is 86.6 Å². The number of anilines is 1. The second kappa shape index (κ2) is 10.5. The fraction of sp³-hybridized carbons (Fsp3) is 0.472. The van der Waals surface area contributed by atoms with Gasteiger partial charge in [-0.3, -0.25) is 9.88 Å². The number of aromatic hydroxyl groups is 1. The highest BCUT2D eigenvalue weighted by molar-refractivity contribution is 6.03. The number of fused-ring (bicyclic) bond motifs is 7. The van der Waals surface area contributed by atoms with E-state index in [1.807, 2.05) is 0 Å². The van der Waals surface area contributed by atoms with Crippen molar-refractivity contribution in [3.05, 3.63) is 47.7 Å². The van der Waals surface area contributed by atoms with E-state index in [-0.39, 0.29) is 39.6 Å². The summed E-state index contributed by atoms with van der Waals surface area (Å²) in [5.74, 6) is 2.32. The molecular formula is C36H36F2N6O2. The van der Waals surface area contributed by atoms with E-state index in [1.54, 1.807) is 6.20 Å². The number of aromatic nitrogens is 3. The van der Waals surface area contributed by atoms with E-state index >= 15 is 4.39 Å². The summed E-state index contributed by atoms with van der Waals surface area (Å²) < 4.78 is 38.2. The quantitative estimate of drug-likeness (QED) is 0.281. The Kier molecular flexibility index (Phi) is 6.42. The Hall–Kier alpha value is -4.07. The predicted molar refractivity (Wildman–Crippen MR) is 172 cm³/mol. The number of hydrogen-bond acceptors (Lipinski definition) is 8. The average molecular weight is 623 g/mol. The fourth-order valence-electron chi connectivity index (χ4n) is 9.50. The molecule has 5 atom stereocenters. The molecule has 46 heavy (non-hydrogen) atoms. The summed E-state index contributed by atoms with van der Waals surface area (Å²) in [5.41, 5.74) is 0.160. The molecule has 5 fully saturated rings. The lowest BCUT2D eigenvalue weighted by atomic mass is 9.90. The molecule has 0 spiro atoms. The van der Waals surface area contributed by atoms with Crippen LogP contribution in [0.3, 0.4) is 0 Å². The van der Waals surface area contributed by atoms with Crippen molar-refractivity contribution in [3.63, 3.8) is 0 Å². The molecule has 0 radical (unpaired) electrons. The van der Waals surface area contributed by atoms with Crippen molar-refractivity contribution in [2.75, 3.05) is 31.1 Å². The van der Waals surface area contributed by atoms with Crippen molar-refractivity contribution < 1.29 is 18.6 Å². The molecule has 8 nitrogen and oxygen atoms in total. The number of piperazine rings is 1. The standard InChI is InChI=1S/C36H36F2N6O2/c1-2-25-28(37)10-7-20-13-24(45)14-26(30(20)25)32-31(38)33-27(16-39-32)34(43-17-22-8-9-23(18-43)40-22)42-35(41-33)46-19-36-11-4-12-44(36)29-6-3-5-21(29)15-36/h1,7,10,13-14,16,21-23,29,40,45H,3-6,8-9,11-12,15,17-19H2/t21-,22?,23?,29-,36+/m0/s1. The minimum absolute atomic E-state index is 0.0146. The number of ether oxygens (including phenoxy) is 1. The van der Waals surface area contributed by atoms with E-state index in [2.05, 4.69) is 26.0 Å². The first-order valence-electron chi connectivity index (χ1n) is 16.6. The Bertz CT molecular complexity index is 1930. The first-order chi connectivity index (χ1) is 22.4. The van der Waals surface area contributed by atoms with E-state index in [1.165, 1.54) is 43.5 Å². The summed E-state index contributed by atoms with van der Waals surface area (Å²) in [7, 11) is 0. The summed E-state index contributed by atoms with van der Waals surface area (Å²) in [6, 6.07) is 7.08. The minimum Gasteiger partial charge on any atom is -0.508 e. The fourth-order valence-corrected chi connectivity index (χ4v) is 9.50. The van der Waals surface area contributed by atoms with Crippen LogP contribution in [0.5, 0.6) is 11.8 Å². The van der Waals surface area contributed by atoms with Crippen LogP contribution in [0.25, 0.3) is 32.9 Å². The van der Waals surface area contributed by atoms with Crippen LogP contribution in [0.15, 0.2) is 30.5 Å². The monoisotopic (exact) mass is 622 g/mol. The molecular weight excluding hydrogens is 586 g/mol. The van der Waals surface area contributed by atoms with Crippen LogP contribution < -0.4 is 15.0 Å². The summed E-state index contributed by atoms with van der Waals surface area (Å²) >= 11 is 0. The zero-order chi connectivity index (χ0) is 31.2. The van der Waals surface area contributed by atoms with Gasteiger partial charge >= 0.3 is 6.01 Å². The van der Waals surface area contributed by atoms with E-state index in [9.17, 15) is 9.50 Å². The van der Waals surface area contributed by atoms with Gasteiger partial charge in [-0.1, -0.05) is 18.4 Å². The molecule has 2 aromatic heterocycles. The Morgan fingerprint density at radius 1 is 1.09 bits per heavy atom. The number of nitrogens with one attached hydrogen (secondary N) is 1. The Morgan fingerprint density at radius 2 is 1.93 bits per heavy atom. The first-order valence-corrected chi connectivity index (χ1v) is 16.6. The molecule has 2 aromatic carbocycles. The van der Waals surface area contributed by atoms with Crippen LogP contribution in [0.1, 0.15) is 56.9 Å². The van der Waals surface area contributed by atoms with E-state index in [4.69, 9.17) is 21.1 Å².